The first-order valence-corrected chi connectivity index (χ1v) is 13.7. The molecule has 6 heteroatoms. The minimum Gasteiger partial charge on any atom is -0.379 e. The van der Waals surface area contributed by atoms with Crippen molar-refractivity contribution in [2.24, 2.45) is 0 Å². The fourth-order valence-corrected chi connectivity index (χ4v) is 4.38. The van der Waals surface area contributed by atoms with E-state index in [-0.39, 0.29) is 0 Å². The summed E-state index contributed by atoms with van der Waals surface area (Å²) in [6.07, 6.45) is 13.0. The largest absolute Gasteiger partial charge is 0.379 e. The molecule has 3 aliphatic rings. The van der Waals surface area contributed by atoms with E-state index >= 15 is 0 Å². The van der Waals surface area contributed by atoms with E-state index in [1.54, 1.807) is 0 Å². The highest BCUT2D eigenvalue weighted by atomic mass is 16.6. The van der Waals surface area contributed by atoms with E-state index in [0.29, 0.717) is 18.3 Å². The molecule has 0 spiro atoms. The maximum Gasteiger partial charge on any atom is 0.104 e. The van der Waals surface area contributed by atoms with Gasteiger partial charge in [0.15, 0.2) is 0 Å². The van der Waals surface area contributed by atoms with Crippen molar-refractivity contribution < 1.29 is 28.4 Å². The van der Waals surface area contributed by atoms with E-state index in [4.69, 9.17) is 28.4 Å². The third-order valence-corrected chi connectivity index (χ3v) is 6.73. The van der Waals surface area contributed by atoms with E-state index in [1.807, 2.05) is 6.08 Å². The molecule has 0 aromatic heterocycles. The summed E-state index contributed by atoms with van der Waals surface area (Å²) in [6, 6.07) is 4.80. The highest BCUT2D eigenvalue weighted by molar-refractivity contribution is 5.56. The normalized spacial score (nSPS) is 22.3. The molecule has 0 amide bonds. The summed E-state index contributed by atoms with van der Waals surface area (Å²) in [6.45, 7) is 11.4. The van der Waals surface area contributed by atoms with E-state index in [9.17, 15) is 0 Å². The highest BCUT2D eigenvalue weighted by Crippen LogP contribution is 2.25. The van der Waals surface area contributed by atoms with Crippen molar-refractivity contribution in [1.29, 1.82) is 0 Å². The van der Waals surface area contributed by atoms with E-state index in [1.165, 1.54) is 22.3 Å². The predicted molar refractivity (Wildman–Crippen MR) is 137 cm³/mol. The number of ether oxygens (including phenoxy) is 6. The zero-order valence-corrected chi connectivity index (χ0v) is 21.3. The summed E-state index contributed by atoms with van der Waals surface area (Å²) in [4.78, 5) is 0. The number of rotatable bonds is 22. The third-order valence-electron chi connectivity index (χ3n) is 6.73. The van der Waals surface area contributed by atoms with Crippen molar-refractivity contribution in [2.75, 3.05) is 59.5 Å². The number of aryl methyl sites for hydroxylation is 2. The van der Waals surface area contributed by atoms with Gasteiger partial charge in [0.2, 0.25) is 0 Å². The first-order valence-electron chi connectivity index (χ1n) is 13.7. The average Bonchev–Trinajstić information content (AvgIpc) is 3.70. The van der Waals surface area contributed by atoms with Crippen LogP contribution in [-0.4, -0.2) is 77.8 Å². The SMILES string of the molecule is C=Cc1cc(CCCCOCC2CO2)cc(CCCCOCC2CO2)c1CCCCOCC1CO1. The van der Waals surface area contributed by atoms with E-state index < -0.39 is 0 Å². The van der Waals surface area contributed by atoms with Crippen LogP contribution in [0.5, 0.6) is 0 Å². The van der Waals surface area contributed by atoms with Crippen molar-refractivity contribution in [2.45, 2.75) is 76.1 Å². The van der Waals surface area contributed by atoms with Gasteiger partial charge in [-0.1, -0.05) is 24.8 Å². The van der Waals surface area contributed by atoms with Gasteiger partial charge in [0, 0.05) is 19.8 Å². The molecule has 3 unspecified atom stereocenters. The Balaban J connectivity index is 1.24. The van der Waals surface area contributed by atoms with Crippen LogP contribution in [0.25, 0.3) is 6.08 Å². The van der Waals surface area contributed by atoms with Gasteiger partial charge in [0.05, 0.1) is 39.6 Å². The minimum absolute atomic E-state index is 0.348. The Labute approximate surface area is 211 Å². The average molecular weight is 489 g/mol. The van der Waals surface area contributed by atoms with Crippen molar-refractivity contribution in [3.8, 4) is 0 Å². The summed E-state index contributed by atoms with van der Waals surface area (Å²) >= 11 is 0. The molecule has 1 aromatic carbocycles. The lowest BCUT2D eigenvalue weighted by molar-refractivity contribution is 0.113. The topological polar surface area (TPSA) is 65.3 Å². The van der Waals surface area contributed by atoms with Crippen LogP contribution < -0.4 is 0 Å². The third kappa shape index (κ3) is 11.1. The van der Waals surface area contributed by atoms with Crippen molar-refractivity contribution >= 4 is 6.08 Å². The molecule has 1 aromatic rings. The first-order chi connectivity index (χ1) is 17.3. The molecule has 3 aliphatic heterocycles. The predicted octanol–water partition coefficient (Wildman–Crippen LogP) is 4.54. The van der Waals surface area contributed by atoms with Gasteiger partial charge in [-0.15, -0.1) is 0 Å². The van der Waals surface area contributed by atoms with Crippen molar-refractivity contribution in [3.63, 3.8) is 0 Å². The Morgan fingerprint density at radius 1 is 0.686 bits per heavy atom. The van der Waals surface area contributed by atoms with Gasteiger partial charge >= 0.3 is 0 Å². The Kier molecular flexibility index (Phi) is 11.5. The summed E-state index contributed by atoms with van der Waals surface area (Å²) < 4.78 is 32.8. The number of benzene rings is 1. The fraction of sp³-hybridized carbons (Fsp3) is 0.724. The second-order valence-corrected chi connectivity index (χ2v) is 9.99. The van der Waals surface area contributed by atoms with Crippen molar-refractivity contribution in [1.82, 2.24) is 0 Å². The molecule has 0 saturated carbocycles. The zero-order chi connectivity index (χ0) is 24.1. The second-order valence-electron chi connectivity index (χ2n) is 9.99. The molecule has 6 nitrogen and oxygen atoms in total. The van der Waals surface area contributed by atoms with Gasteiger partial charge in [0.1, 0.15) is 18.3 Å². The highest BCUT2D eigenvalue weighted by Gasteiger charge is 2.23. The van der Waals surface area contributed by atoms with Crippen LogP contribution in [-0.2, 0) is 47.7 Å². The molecule has 3 heterocycles. The summed E-state index contributed by atoms with van der Waals surface area (Å²) in [5, 5.41) is 0. The quantitative estimate of drug-likeness (QED) is 0.176. The van der Waals surface area contributed by atoms with Crippen LogP contribution in [0.4, 0.5) is 0 Å². The Morgan fingerprint density at radius 2 is 1.17 bits per heavy atom. The molecular formula is C29H44O6. The summed E-state index contributed by atoms with van der Waals surface area (Å²) in [5.74, 6) is 0. The number of epoxide rings is 3. The smallest absolute Gasteiger partial charge is 0.104 e. The van der Waals surface area contributed by atoms with Crippen LogP contribution in [0.15, 0.2) is 18.7 Å². The van der Waals surface area contributed by atoms with E-state index in [0.717, 1.165) is 117 Å². The Morgan fingerprint density at radius 3 is 1.66 bits per heavy atom. The Hall–Kier alpha value is -1.28. The van der Waals surface area contributed by atoms with Crippen LogP contribution in [0.1, 0.15) is 60.8 Å². The lowest BCUT2D eigenvalue weighted by atomic mass is 9.90. The molecule has 3 atom stereocenters. The van der Waals surface area contributed by atoms with Crippen LogP contribution in [0.2, 0.25) is 0 Å². The van der Waals surface area contributed by atoms with Crippen LogP contribution >= 0.6 is 0 Å². The molecule has 35 heavy (non-hydrogen) atoms. The van der Waals surface area contributed by atoms with Crippen LogP contribution in [0.3, 0.4) is 0 Å². The molecule has 3 saturated heterocycles. The van der Waals surface area contributed by atoms with Crippen LogP contribution in [0, 0.1) is 0 Å². The number of unbranched alkanes of at least 4 members (excludes halogenated alkanes) is 3. The lowest BCUT2D eigenvalue weighted by Gasteiger charge is -2.16. The molecule has 4 rings (SSSR count). The van der Waals surface area contributed by atoms with Gasteiger partial charge in [-0.3, -0.25) is 0 Å². The van der Waals surface area contributed by atoms with E-state index in [2.05, 4.69) is 18.7 Å². The maximum absolute atomic E-state index is 5.74. The molecule has 0 radical (unpaired) electrons. The van der Waals surface area contributed by atoms with Gasteiger partial charge < -0.3 is 28.4 Å². The van der Waals surface area contributed by atoms with Gasteiger partial charge in [0.25, 0.3) is 0 Å². The van der Waals surface area contributed by atoms with Gasteiger partial charge in [-0.05, 0) is 80.0 Å². The fourth-order valence-electron chi connectivity index (χ4n) is 4.38. The minimum atomic E-state index is 0.348. The molecule has 0 bridgehead atoms. The number of hydrogen-bond donors (Lipinski definition) is 0. The number of hydrogen-bond acceptors (Lipinski definition) is 6. The second kappa shape index (κ2) is 15.1. The molecule has 196 valence electrons. The molecular weight excluding hydrogens is 444 g/mol. The van der Waals surface area contributed by atoms with Crippen molar-refractivity contribution in [3.05, 3.63) is 41.0 Å². The summed E-state index contributed by atoms with van der Waals surface area (Å²) in [5.41, 5.74) is 5.67. The standard InChI is InChI=1S/C29H44O6/c1-2-24-15-23(9-3-6-12-30-17-26-20-33-26)16-25(10-4-7-13-31-18-27-21-34-27)29(24)11-5-8-14-32-19-28-22-35-28/h2,15-16,26-28H,1,3-14,17-22H2. The maximum atomic E-state index is 5.74. The van der Waals surface area contributed by atoms with Gasteiger partial charge in [-0.2, -0.15) is 0 Å². The lowest BCUT2D eigenvalue weighted by Crippen LogP contribution is -2.06. The van der Waals surface area contributed by atoms with Gasteiger partial charge in [-0.25, -0.2) is 0 Å². The first kappa shape index (κ1) is 26.8. The molecule has 0 N–H and O–H groups in total. The monoisotopic (exact) mass is 488 g/mol. The summed E-state index contributed by atoms with van der Waals surface area (Å²) in [7, 11) is 0. The Bertz CT molecular complexity index is 754. The molecule has 0 aliphatic carbocycles. The zero-order valence-electron chi connectivity index (χ0n) is 21.3. The molecule has 3 fully saturated rings.